The Bertz CT molecular complexity index is 50.7. The SMILES string of the molecule is C=C=CCF. The maximum Gasteiger partial charge on any atom is 0.115 e. The van der Waals surface area contributed by atoms with E-state index in [-0.39, 0.29) is 0 Å². The lowest BCUT2D eigenvalue weighted by Crippen LogP contribution is -1.50. The van der Waals surface area contributed by atoms with Crippen molar-refractivity contribution >= 4 is 0 Å². The van der Waals surface area contributed by atoms with E-state index >= 15 is 0 Å². The molecule has 0 radical (unpaired) electrons. The summed E-state index contributed by atoms with van der Waals surface area (Å²) in [6.45, 7) is 2.68. The third kappa shape index (κ3) is 3.45. The number of hydrogen-bond donors (Lipinski definition) is 0. The van der Waals surface area contributed by atoms with Crippen LogP contribution < -0.4 is 0 Å². The van der Waals surface area contributed by atoms with Gasteiger partial charge in [-0.3, -0.25) is 0 Å². The highest BCUT2D eigenvalue weighted by atomic mass is 19.1. The highest BCUT2D eigenvalue weighted by Gasteiger charge is 1.53. The normalized spacial score (nSPS) is 5.80. The van der Waals surface area contributed by atoms with Crippen LogP contribution in [0.3, 0.4) is 0 Å². The molecule has 0 aliphatic carbocycles. The van der Waals surface area contributed by atoms with E-state index in [1.807, 2.05) is 0 Å². The van der Waals surface area contributed by atoms with Crippen LogP contribution in [0.4, 0.5) is 4.39 Å². The first kappa shape index (κ1) is 4.45. The van der Waals surface area contributed by atoms with Gasteiger partial charge in [0.2, 0.25) is 0 Å². The van der Waals surface area contributed by atoms with Crippen molar-refractivity contribution in [1.29, 1.82) is 0 Å². The van der Waals surface area contributed by atoms with Crippen molar-refractivity contribution in [1.82, 2.24) is 0 Å². The molecule has 5 heavy (non-hydrogen) atoms. The van der Waals surface area contributed by atoms with Gasteiger partial charge in [-0.1, -0.05) is 6.58 Å². The minimum absolute atomic E-state index is 0.455. The van der Waals surface area contributed by atoms with Crippen LogP contribution in [-0.4, -0.2) is 6.67 Å². The van der Waals surface area contributed by atoms with Crippen molar-refractivity contribution in [3.63, 3.8) is 0 Å². The first-order chi connectivity index (χ1) is 2.41. The van der Waals surface area contributed by atoms with Gasteiger partial charge < -0.3 is 0 Å². The molecule has 0 nitrogen and oxygen atoms in total. The first-order valence-electron chi connectivity index (χ1n) is 1.32. The Kier molecular flexibility index (Phi) is 3.07. The molecule has 0 aromatic rings. The van der Waals surface area contributed by atoms with Gasteiger partial charge in [-0.2, -0.15) is 0 Å². The van der Waals surface area contributed by atoms with Gasteiger partial charge in [-0.15, -0.1) is 5.73 Å². The van der Waals surface area contributed by atoms with Crippen molar-refractivity contribution in [3.05, 3.63) is 18.4 Å². The zero-order chi connectivity index (χ0) is 4.12. The largest absolute Gasteiger partial charge is 0.246 e. The second-order valence-electron chi connectivity index (χ2n) is 0.563. The molecule has 0 heterocycles. The van der Waals surface area contributed by atoms with E-state index < -0.39 is 6.67 Å². The molecule has 0 aliphatic rings. The van der Waals surface area contributed by atoms with Gasteiger partial charge >= 0.3 is 0 Å². The molecule has 0 amide bonds. The van der Waals surface area contributed by atoms with Gasteiger partial charge in [-0.25, -0.2) is 4.39 Å². The summed E-state index contributed by atoms with van der Waals surface area (Å²) in [5, 5.41) is 0. The number of hydrogen-bond acceptors (Lipinski definition) is 0. The highest BCUT2D eigenvalue weighted by Crippen LogP contribution is 1.62. The van der Waals surface area contributed by atoms with E-state index in [0.717, 1.165) is 0 Å². The van der Waals surface area contributed by atoms with E-state index in [2.05, 4.69) is 12.3 Å². The number of allylic oxidation sites excluding steroid dienone is 1. The number of alkyl halides is 1. The van der Waals surface area contributed by atoms with E-state index in [4.69, 9.17) is 0 Å². The van der Waals surface area contributed by atoms with Gasteiger partial charge in [0.15, 0.2) is 0 Å². The second-order valence-corrected chi connectivity index (χ2v) is 0.563. The van der Waals surface area contributed by atoms with E-state index in [1.165, 1.54) is 6.08 Å². The van der Waals surface area contributed by atoms with Crippen LogP contribution in [0.5, 0.6) is 0 Å². The summed E-state index contributed by atoms with van der Waals surface area (Å²) in [4.78, 5) is 0. The fourth-order valence-electron chi connectivity index (χ4n) is 0.0546. The van der Waals surface area contributed by atoms with Crippen molar-refractivity contribution in [2.45, 2.75) is 0 Å². The Hall–Kier alpha value is -0.550. The minimum Gasteiger partial charge on any atom is -0.246 e. The molecule has 0 aromatic heterocycles. The summed E-state index contributed by atoms with van der Waals surface area (Å²) in [7, 11) is 0. The maximum atomic E-state index is 10.8. The molecular weight excluding hydrogens is 67.0 g/mol. The Labute approximate surface area is 30.6 Å². The third-order valence-corrected chi connectivity index (χ3v) is 0.221. The molecule has 0 rings (SSSR count). The van der Waals surface area contributed by atoms with Crippen molar-refractivity contribution in [3.8, 4) is 0 Å². The van der Waals surface area contributed by atoms with Gasteiger partial charge in [0, 0.05) is 0 Å². The molecule has 0 fully saturated rings. The monoisotopic (exact) mass is 72.0 g/mol. The van der Waals surface area contributed by atoms with Crippen LogP contribution in [-0.2, 0) is 0 Å². The van der Waals surface area contributed by atoms with Crippen LogP contribution >= 0.6 is 0 Å². The van der Waals surface area contributed by atoms with Crippen molar-refractivity contribution in [2.75, 3.05) is 6.67 Å². The molecule has 0 aliphatic heterocycles. The summed E-state index contributed by atoms with van der Waals surface area (Å²) in [6, 6.07) is 0. The molecule has 0 atom stereocenters. The van der Waals surface area contributed by atoms with Gasteiger partial charge in [0.25, 0.3) is 0 Å². The van der Waals surface area contributed by atoms with Crippen LogP contribution in [0.1, 0.15) is 0 Å². The van der Waals surface area contributed by atoms with Crippen molar-refractivity contribution < 1.29 is 4.39 Å². The van der Waals surface area contributed by atoms with Crippen LogP contribution in [0, 0.1) is 0 Å². The molecule has 0 bridgehead atoms. The molecule has 0 saturated heterocycles. The Balaban J connectivity index is 2.93. The van der Waals surface area contributed by atoms with Gasteiger partial charge in [0.1, 0.15) is 6.67 Å². The zero-order valence-corrected chi connectivity index (χ0v) is 2.87. The highest BCUT2D eigenvalue weighted by molar-refractivity contribution is 4.73. The molecule has 1 heteroatoms. The standard InChI is InChI=1S/C4H5F/c1-2-3-4-5/h3H,1,4H2. The average Bonchev–Trinajstić information content (AvgIpc) is 1.41. The predicted octanol–water partition coefficient (Wildman–Crippen LogP) is 1.30. The fourth-order valence-corrected chi connectivity index (χ4v) is 0.0546. The van der Waals surface area contributed by atoms with E-state index in [0.29, 0.717) is 0 Å². The third-order valence-electron chi connectivity index (χ3n) is 0.221. The number of rotatable bonds is 1. The molecule has 0 spiro atoms. The Morgan fingerprint density at radius 2 is 2.60 bits per heavy atom. The summed E-state index contributed by atoms with van der Waals surface area (Å²) >= 11 is 0. The molecule has 0 N–H and O–H groups in total. The second kappa shape index (κ2) is 3.45. The lowest BCUT2D eigenvalue weighted by molar-refractivity contribution is 0.562. The lowest BCUT2D eigenvalue weighted by atomic mass is 10.7. The average molecular weight is 72.1 g/mol. The maximum absolute atomic E-state index is 10.8. The van der Waals surface area contributed by atoms with Crippen LogP contribution in [0.15, 0.2) is 18.4 Å². The topological polar surface area (TPSA) is 0 Å². The van der Waals surface area contributed by atoms with E-state index in [9.17, 15) is 4.39 Å². The quantitative estimate of drug-likeness (QED) is 0.409. The minimum atomic E-state index is -0.455. The van der Waals surface area contributed by atoms with Gasteiger partial charge in [0.05, 0.1) is 0 Å². The van der Waals surface area contributed by atoms with Crippen LogP contribution in [0.25, 0.3) is 0 Å². The zero-order valence-electron chi connectivity index (χ0n) is 2.87. The number of halogens is 1. The molecule has 0 unspecified atom stereocenters. The fraction of sp³-hybridized carbons (Fsp3) is 0.250. The molecular formula is C4H5F. The molecule has 0 saturated carbocycles. The Morgan fingerprint density at radius 1 is 2.00 bits per heavy atom. The molecule has 0 aromatic carbocycles. The lowest BCUT2D eigenvalue weighted by Gasteiger charge is -1.56. The molecule has 28 valence electrons. The summed E-state index contributed by atoms with van der Waals surface area (Å²) in [6.07, 6.45) is 1.22. The van der Waals surface area contributed by atoms with Crippen LogP contribution in [0.2, 0.25) is 0 Å². The smallest absolute Gasteiger partial charge is 0.115 e. The Morgan fingerprint density at radius 3 is 2.60 bits per heavy atom. The van der Waals surface area contributed by atoms with Gasteiger partial charge in [-0.05, 0) is 6.08 Å². The predicted molar refractivity (Wildman–Crippen MR) is 19.7 cm³/mol. The van der Waals surface area contributed by atoms with Crippen molar-refractivity contribution in [2.24, 2.45) is 0 Å². The summed E-state index contributed by atoms with van der Waals surface area (Å²) in [5.41, 5.74) is 2.27. The summed E-state index contributed by atoms with van der Waals surface area (Å²) in [5.74, 6) is 0. The van der Waals surface area contributed by atoms with E-state index in [1.54, 1.807) is 0 Å². The summed E-state index contributed by atoms with van der Waals surface area (Å²) < 4.78 is 10.8. The first-order valence-corrected chi connectivity index (χ1v) is 1.32.